The first kappa shape index (κ1) is 13.5. The summed E-state index contributed by atoms with van der Waals surface area (Å²) >= 11 is 3.40. The molecule has 0 saturated carbocycles. The summed E-state index contributed by atoms with van der Waals surface area (Å²) in [6.07, 6.45) is 0.339. The first-order valence-corrected chi connectivity index (χ1v) is 6.66. The van der Waals surface area contributed by atoms with E-state index in [0.29, 0.717) is 19.5 Å². The number of ether oxygens (including phenoxy) is 1. The number of benzene rings is 1. The van der Waals surface area contributed by atoms with Crippen LogP contribution in [-0.2, 0) is 9.53 Å². The topological polar surface area (TPSA) is 49.8 Å². The van der Waals surface area contributed by atoms with E-state index in [1.54, 1.807) is 0 Å². The lowest BCUT2D eigenvalue weighted by Gasteiger charge is -2.25. The summed E-state index contributed by atoms with van der Waals surface area (Å²) in [5.41, 5.74) is 0.880. The monoisotopic (exact) mass is 313 g/mol. The van der Waals surface area contributed by atoms with Gasteiger partial charge in [-0.1, -0.05) is 28.1 Å². The van der Waals surface area contributed by atoms with Crippen LogP contribution in [-0.4, -0.2) is 42.3 Å². The number of carbonyl (C=O) groups excluding carboxylic acids is 1. The van der Waals surface area contributed by atoms with Crippen LogP contribution in [0.5, 0.6) is 0 Å². The molecule has 18 heavy (non-hydrogen) atoms. The highest BCUT2D eigenvalue weighted by molar-refractivity contribution is 9.10. The molecular formula is C13H16BrNO3. The Hall–Kier alpha value is -0.910. The summed E-state index contributed by atoms with van der Waals surface area (Å²) in [4.78, 5) is 13.9. The summed E-state index contributed by atoms with van der Waals surface area (Å²) in [7, 11) is 1.39. The average molecular weight is 314 g/mol. The van der Waals surface area contributed by atoms with Crippen molar-refractivity contribution >= 4 is 21.9 Å². The molecule has 5 heteroatoms. The maximum Gasteiger partial charge on any atom is 0.327 e. The molecule has 1 heterocycles. The number of methoxy groups -OCH3 is 1. The van der Waals surface area contributed by atoms with Crippen molar-refractivity contribution in [2.45, 2.75) is 18.6 Å². The van der Waals surface area contributed by atoms with E-state index in [0.717, 1.165) is 10.0 Å². The maximum absolute atomic E-state index is 12.0. The lowest BCUT2D eigenvalue weighted by Crippen LogP contribution is -2.33. The number of hydrogen-bond acceptors (Lipinski definition) is 4. The van der Waals surface area contributed by atoms with Gasteiger partial charge in [-0.3, -0.25) is 4.90 Å². The molecule has 1 aromatic rings. The second-order valence-electron chi connectivity index (χ2n) is 4.42. The molecular weight excluding hydrogens is 298 g/mol. The molecule has 0 spiro atoms. The van der Waals surface area contributed by atoms with E-state index in [2.05, 4.69) is 15.9 Å². The van der Waals surface area contributed by atoms with Gasteiger partial charge in [-0.15, -0.1) is 0 Å². The number of rotatable bonds is 3. The minimum absolute atomic E-state index is 0.290. The van der Waals surface area contributed by atoms with E-state index in [4.69, 9.17) is 4.74 Å². The number of nitrogens with zero attached hydrogens (tertiary/aromatic N) is 1. The third-order valence-electron chi connectivity index (χ3n) is 3.15. The van der Waals surface area contributed by atoms with Crippen LogP contribution in [0.1, 0.15) is 18.0 Å². The first-order valence-electron chi connectivity index (χ1n) is 5.87. The predicted octanol–water partition coefficient (Wildman–Crippen LogP) is 1.73. The van der Waals surface area contributed by atoms with Gasteiger partial charge >= 0.3 is 5.97 Å². The Kier molecular flexibility index (Phi) is 4.37. The summed E-state index contributed by atoms with van der Waals surface area (Å²) in [6, 6.07) is 7.17. The fraction of sp³-hybridized carbons (Fsp3) is 0.462. The molecule has 1 fully saturated rings. The van der Waals surface area contributed by atoms with E-state index in [-0.39, 0.29) is 12.1 Å². The van der Waals surface area contributed by atoms with Gasteiger partial charge in [0.2, 0.25) is 0 Å². The van der Waals surface area contributed by atoms with E-state index >= 15 is 0 Å². The minimum atomic E-state index is -0.440. The number of aliphatic hydroxyl groups excluding tert-OH is 1. The van der Waals surface area contributed by atoms with Crippen LogP contribution >= 0.6 is 15.9 Å². The second kappa shape index (κ2) is 5.82. The Morgan fingerprint density at radius 3 is 2.94 bits per heavy atom. The van der Waals surface area contributed by atoms with E-state index in [1.807, 2.05) is 29.2 Å². The molecule has 0 radical (unpaired) electrons. The van der Waals surface area contributed by atoms with Crippen LogP contribution in [0.2, 0.25) is 0 Å². The quantitative estimate of drug-likeness (QED) is 0.863. The van der Waals surface area contributed by atoms with Crippen molar-refractivity contribution in [1.29, 1.82) is 0 Å². The molecule has 4 nitrogen and oxygen atoms in total. The Labute approximate surface area is 115 Å². The number of β-amino-alcohol motifs (C(OH)–C–C–N with tert-alkyl or cyclic N) is 1. The standard InChI is InChI=1S/C13H16BrNO3/c1-18-13(17)12(15-6-5-11(16)8-15)9-3-2-4-10(14)7-9/h2-4,7,11-12,16H,5-6,8H2,1H3/t11-,12?/m0/s1. The Bertz CT molecular complexity index is 438. The molecule has 98 valence electrons. The first-order chi connectivity index (χ1) is 8.61. The smallest absolute Gasteiger partial charge is 0.327 e. The fourth-order valence-corrected chi connectivity index (χ4v) is 2.70. The molecule has 2 rings (SSSR count). The number of aliphatic hydroxyl groups is 1. The van der Waals surface area contributed by atoms with Crippen LogP contribution in [0.4, 0.5) is 0 Å². The van der Waals surface area contributed by atoms with E-state index in [1.165, 1.54) is 7.11 Å². The van der Waals surface area contributed by atoms with Gasteiger partial charge in [0, 0.05) is 17.6 Å². The number of hydrogen-bond donors (Lipinski definition) is 1. The Morgan fingerprint density at radius 2 is 2.39 bits per heavy atom. The zero-order chi connectivity index (χ0) is 13.1. The molecule has 0 aliphatic carbocycles. The van der Waals surface area contributed by atoms with Gasteiger partial charge in [-0.2, -0.15) is 0 Å². The van der Waals surface area contributed by atoms with Crippen LogP contribution < -0.4 is 0 Å². The second-order valence-corrected chi connectivity index (χ2v) is 5.33. The SMILES string of the molecule is COC(=O)C(c1cccc(Br)c1)N1CC[C@H](O)C1. The van der Waals surface area contributed by atoms with Crippen LogP contribution in [0, 0.1) is 0 Å². The highest BCUT2D eigenvalue weighted by Gasteiger charge is 2.33. The largest absolute Gasteiger partial charge is 0.468 e. The third kappa shape index (κ3) is 2.91. The molecule has 0 bridgehead atoms. The van der Waals surface area contributed by atoms with Gasteiger partial charge < -0.3 is 9.84 Å². The number of esters is 1. The summed E-state index contributed by atoms with van der Waals surface area (Å²) in [6.45, 7) is 1.21. The summed E-state index contributed by atoms with van der Waals surface area (Å²) < 4.78 is 5.80. The molecule has 1 N–H and O–H groups in total. The van der Waals surface area contributed by atoms with Crippen LogP contribution in [0.3, 0.4) is 0 Å². The van der Waals surface area contributed by atoms with Crippen molar-refractivity contribution in [2.75, 3.05) is 20.2 Å². The Morgan fingerprint density at radius 1 is 1.61 bits per heavy atom. The molecule has 1 aromatic carbocycles. The highest BCUT2D eigenvalue weighted by Crippen LogP contribution is 2.28. The van der Waals surface area contributed by atoms with Crippen molar-refractivity contribution in [3.63, 3.8) is 0 Å². The molecule has 1 aliphatic heterocycles. The fourth-order valence-electron chi connectivity index (χ4n) is 2.29. The van der Waals surface area contributed by atoms with Gasteiger partial charge in [0.1, 0.15) is 6.04 Å². The molecule has 0 aromatic heterocycles. The number of halogens is 1. The summed E-state index contributed by atoms with van der Waals surface area (Å²) in [5, 5.41) is 9.60. The lowest BCUT2D eigenvalue weighted by molar-refractivity contribution is -0.147. The van der Waals surface area contributed by atoms with E-state index < -0.39 is 6.04 Å². The van der Waals surface area contributed by atoms with E-state index in [9.17, 15) is 9.90 Å². The van der Waals surface area contributed by atoms with Crippen molar-refractivity contribution in [1.82, 2.24) is 4.90 Å². The van der Waals surface area contributed by atoms with Gasteiger partial charge in [0.05, 0.1) is 13.2 Å². The lowest BCUT2D eigenvalue weighted by atomic mass is 10.1. The molecule has 1 unspecified atom stereocenters. The maximum atomic E-state index is 12.0. The Balaban J connectivity index is 2.28. The van der Waals surface area contributed by atoms with Crippen LogP contribution in [0.15, 0.2) is 28.7 Å². The zero-order valence-electron chi connectivity index (χ0n) is 10.2. The molecule has 1 saturated heterocycles. The van der Waals surface area contributed by atoms with Crippen LogP contribution in [0.25, 0.3) is 0 Å². The average Bonchev–Trinajstić information content (AvgIpc) is 2.76. The third-order valence-corrected chi connectivity index (χ3v) is 3.64. The highest BCUT2D eigenvalue weighted by atomic mass is 79.9. The summed E-state index contributed by atoms with van der Waals surface area (Å²) in [5.74, 6) is -0.290. The van der Waals surface area contributed by atoms with Gasteiger partial charge in [-0.25, -0.2) is 4.79 Å². The molecule has 1 aliphatic rings. The minimum Gasteiger partial charge on any atom is -0.468 e. The molecule has 0 amide bonds. The normalized spacial score (nSPS) is 21.8. The molecule has 2 atom stereocenters. The van der Waals surface area contributed by atoms with Gasteiger partial charge in [-0.05, 0) is 24.1 Å². The van der Waals surface area contributed by atoms with Gasteiger partial charge in [0.15, 0.2) is 0 Å². The van der Waals surface area contributed by atoms with Crippen molar-refractivity contribution < 1.29 is 14.6 Å². The van der Waals surface area contributed by atoms with Crippen molar-refractivity contribution in [2.24, 2.45) is 0 Å². The predicted molar refractivity (Wildman–Crippen MR) is 71.1 cm³/mol. The zero-order valence-corrected chi connectivity index (χ0v) is 11.8. The number of likely N-dealkylation sites (tertiary alicyclic amines) is 1. The van der Waals surface area contributed by atoms with Crippen molar-refractivity contribution in [3.8, 4) is 0 Å². The van der Waals surface area contributed by atoms with Gasteiger partial charge in [0.25, 0.3) is 0 Å². The number of carbonyl (C=O) groups is 1. The van der Waals surface area contributed by atoms with Crippen molar-refractivity contribution in [3.05, 3.63) is 34.3 Å².